The van der Waals surface area contributed by atoms with Crippen molar-refractivity contribution in [1.29, 1.82) is 5.26 Å². The van der Waals surface area contributed by atoms with Gasteiger partial charge in [-0.15, -0.1) is 0 Å². The van der Waals surface area contributed by atoms with Crippen LogP contribution in [0.1, 0.15) is 16.7 Å². The number of nitrogens with zero attached hydrogens (tertiary/aromatic N) is 1. The summed E-state index contributed by atoms with van der Waals surface area (Å²) in [5.74, 6) is 0.504. The van der Waals surface area contributed by atoms with Gasteiger partial charge >= 0.3 is 0 Å². The molecule has 3 nitrogen and oxygen atoms in total. The number of rotatable bonds is 3. The van der Waals surface area contributed by atoms with Crippen LogP contribution >= 0.6 is 0 Å². The third-order valence-corrected chi connectivity index (χ3v) is 3.67. The Kier molecular flexibility index (Phi) is 3.49. The van der Waals surface area contributed by atoms with Gasteiger partial charge in [0.1, 0.15) is 23.7 Å². The predicted octanol–water partition coefficient (Wildman–Crippen LogP) is 3.42. The smallest absolute Gasteiger partial charge is 0.123 e. The van der Waals surface area contributed by atoms with Crippen molar-refractivity contribution >= 4 is 5.69 Å². The van der Waals surface area contributed by atoms with E-state index in [1.54, 1.807) is 6.07 Å². The van der Waals surface area contributed by atoms with Crippen LogP contribution in [0, 0.1) is 24.1 Å². The third kappa shape index (κ3) is 2.68. The van der Waals surface area contributed by atoms with E-state index in [0.29, 0.717) is 18.5 Å². The average molecular weight is 282 g/mol. The van der Waals surface area contributed by atoms with Crippen molar-refractivity contribution in [2.24, 2.45) is 0 Å². The van der Waals surface area contributed by atoms with Gasteiger partial charge in [0.25, 0.3) is 0 Å². The predicted molar refractivity (Wildman–Crippen MR) is 78.9 cm³/mol. The van der Waals surface area contributed by atoms with E-state index < -0.39 is 0 Å². The summed E-state index contributed by atoms with van der Waals surface area (Å²) in [6.45, 7) is 2.49. The van der Waals surface area contributed by atoms with Crippen LogP contribution in [-0.2, 0) is 6.42 Å². The zero-order chi connectivity index (χ0) is 14.8. The van der Waals surface area contributed by atoms with Gasteiger partial charge in [0.2, 0.25) is 0 Å². The molecule has 1 unspecified atom stereocenters. The number of aryl methyl sites for hydroxylation is 1. The summed E-state index contributed by atoms with van der Waals surface area (Å²) in [5.41, 5.74) is 3.30. The molecule has 21 heavy (non-hydrogen) atoms. The largest absolute Gasteiger partial charge is 0.488 e. The van der Waals surface area contributed by atoms with E-state index in [2.05, 4.69) is 11.4 Å². The minimum atomic E-state index is -0.239. The highest BCUT2D eigenvalue weighted by atomic mass is 19.1. The lowest BCUT2D eigenvalue weighted by molar-refractivity contribution is 0.246. The zero-order valence-corrected chi connectivity index (χ0v) is 11.7. The van der Waals surface area contributed by atoms with Gasteiger partial charge in [0.05, 0.1) is 17.8 Å². The zero-order valence-electron chi connectivity index (χ0n) is 11.7. The molecule has 0 aliphatic carbocycles. The molecule has 0 radical (unpaired) electrons. The fourth-order valence-electron chi connectivity index (χ4n) is 2.59. The van der Waals surface area contributed by atoms with Gasteiger partial charge in [-0.25, -0.2) is 4.39 Å². The number of hydrogen-bond donors (Lipinski definition) is 1. The Morgan fingerprint density at radius 1 is 1.38 bits per heavy atom. The molecule has 0 saturated carbocycles. The fourth-order valence-corrected chi connectivity index (χ4v) is 2.59. The van der Waals surface area contributed by atoms with Crippen molar-refractivity contribution in [3.05, 3.63) is 58.9 Å². The summed E-state index contributed by atoms with van der Waals surface area (Å²) >= 11 is 0. The Balaban J connectivity index is 1.68. The monoisotopic (exact) mass is 282 g/mol. The maximum atomic E-state index is 13.2. The van der Waals surface area contributed by atoms with Gasteiger partial charge in [-0.05, 0) is 36.8 Å². The molecule has 0 saturated heterocycles. The molecule has 106 valence electrons. The summed E-state index contributed by atoms with van der Waals surface area (Å²) in [6, 6.07) is 12.5. The van der Waals surface area contributed by atoms with Crippen LogP contribution in [0.15, 0.2) is 36.4 Å². The van der Waals surface area contributed by atoms with Crippen LogP contribution in [-0.4, -0.2) is 12.6 Å². The number of halogens is 1. The molecule has 0 spiro atoms. The van der Waals surface area contributed by atoms with E-state index >= 15 is 0 Å². The van der Waals surface area contributed by atoms with Gasteiger partial charge in [0.15, 0.2) is 0 Å². The SMILES string of the molecule is Cc1cccc(NCC2Cc3cc(F)ccc3O2)c1C#N. The van der Waals surface area contributed by atoms with Crippen molar-refractivity contribution in [2.45, 2.75) is 19.4 Å². The van der Waals surface area contributed by atoms with Crippen LogP contribution in [0.3, 0.4) is 0 Å². The number of ether oxygens (including phenoxy) is 1. The molecule has 0 fully saturated rings. The Bertz CT molecular complexity index is 721. The lowest BCUT2D eigenvalue weighted by Gasteiger charge is -2.14. The van der Waals surface area contributed by atoms with Crippen molar-refractivity contribution < 1.29 is 9.13 Å². The third-order valence-electron chi connectivity index (χ3n) is 3.67. The molecule has 1 aliphatic heterocycles. The number of fused-ring (bicyclic) bond motifs is 1. The standard InChI is InChI=1S/C17H15FN2O/c1-11-3-2-4-16(15(11)9-19)20-10-14-8-12-7-13(18)5-6-17(12)21-14/h2-7,14,20H,8,10H2,1H3. The Labute approximate surface area is 123 Å². The van der Waals surface area contributed by atoms with E-state index in [-0.39, 0.29) is 11.9 Å². The minimum Gasteiger partial charge on any atom is -0.488 e. The van der Waals surface area contributed by atoms with Gasteiger partial charge in [0, 0.05) is 12.0 Å². The summed E-state index contributed by atoms with van der Waals surface area (Å²) in [7, 11) is 0. The van der Waals surface area contributed by atoms with E-state index in [4.69, 9.17) is 4.74 Å². The molecule has 1 heterocycles. The minimum absolute atomic E-state index is 0.0474. The van der Waals surface area contributed by atoms with Gasteiger partial charge in [-0.1, -0.05) is 12.1 Å². The lowest BCUT2D eigenvalue weighted by atomic mass is 10.1. The van der Waals surface area contributed by atoms with Crippen molar-refractivity contribution in [3.8, 4) is 11.8 Å². The molecule has 0 bridgehead atoms. The van der Waals surface area contributed by atoms with E-state index in [1.807, 2.05) is 25.1 Å². The highest BCUT2D eigenvalue weighted by molar-refractivity contribution is 5.60. The molecule has 1 atom stereocenters. The van der Waals surface area contributed by atoms with E-state index in [0.717, 1.165) is 22.6 Å². The highest BCUT2D eigenvalue weighted by Gasteiger charge is 2.23. The molecule has 2 aromatic carbocycles. The van der Waals surface area contributed by atoms with Crippen LogP contribution in [0.25, 0.3) is 0 Å². The summed E-state index contributed by atoms with van der Waals surface area (Å²) in [4.78, 5) is 0. The Morgan fingerprint density at radius 3 is 3.05 bits per heavy atom. The van der Waals surface area contributed by atoms with Gasteiger partial charge < -0.3 is 10.1 Å². The van der Waals surface area contributed by atoms with Crippen LogP contribution < -0.4 is 10.1 Å². The molecule has 0 aromatic heterocycles. The fraction of sp³-hybridized carbons (Fsp3) is 0.235. The van der Waals surface area contributed by atoms with Crippen LogP contribution in [0.2, 0.25) is 0 Å². The maximum Gasteiger partial charge on any atom is 0.123 e. The van der Waals surface area contributed by atoms with E-state index in [1.165, 1.54) is 12.1 Å². The number of anilines is 1. The second kappa shape index (κ2) is 5.45. The van der Waals surface area contributed by atoms with Gasteiger partial charge in [-0.3, -0.25) is 0 Å². The molecular formula is C17H15FN2O. The van der Waals surface area contributed by atoms with Crippen molar-refractivity contribution in [2.75, 3.05) is 11.9 Å². The Hall–Kier alpha value is -2.54. The maximum absolute atomic E-state index is 13.2. The first-order chi connectivity index (χ1) is 10.2. The first-order valence-corrected chi connectivity index (χ1v) is 6.86. The van der Waals surface area contributed by atoms with Gasteiger partial charge in [-0.2, -0.15) is 5.26 Å². The molecule has 2 aromatic rings. The molecule has 1 aliphatic rings. The van der Waals surface area contributed by atoms with Crippen LogP contribution in [0.5, 0.6) is 5.75 Å². The lowest BCUT2D eigenvalue weighted by Crippen LogP contribution is -2.24. The quantitative estimate of drug-likeness (QED) is 0.938. The summed E-state index contributed by atoms with van der Waals surface area (Å²) < 4.78 is 19.0. The van der Waals surface area contributed by atoms with Crippen molar-refractivity contribution in [3.63, 3.8) is 0 Å². The second-order valence-corrected chi connectivity index (χ2v) is 5.19. The summed E-state index contributed by atoms with van der Waals surface area (Å²) in [5, 5.41) is 12.5. The first-order valence-electron chi connectivity index (χ1n) is 6.86. The molecule has 1 N–H and O–H groups in total. The molecule has 3 rings (SSSR count). The molecule has 0 amide bonds. The molecular weight excluding hydrogens is 267 g/mol. The topological polar surface area (TPSA) is 45.0 Å². The highest BCUT2D eigenvalue weighted by Crippen LogP contribution is 2.29. The van der Waals surface area contributed by atoms with Crippen molar-refractivity contribution in [1.82, 2.24) is 0 Å². The number of nitrogens with one attached hydrogen (secondary N) is 1. The average Bonchev–Trinajstić information content (AvgIpc) is 2.87. The van der Waals surface area contributed by atoms with Crippen LogP contribution in [0.4, 0.5) is 10.1 Å². The normalized spacial score (nSPS) is 16.0. The summed E-state index contributed by atoms with van der Waals surface area (Å²) in [6.07, 6.45) is 0.627. The number of benzene rings is 2. The number of hydrogen-bond acceptors (Lipinski definition) is 3. The first kappa shape index (κ1) is 13.4. The Morgan fingerprint density at radius 2 is 2.24 bits per heavy atom. The number of nitriles is 1. The molecule has 4 heteroatoms. The van der Waals surface area contributed by atoms with E-state index in [9.17, 15) is 9.65 Å². The second-order valence-electron chi connectivity index (χ2n) is 5.19.